The van der Waals surface area contributed by atoms with Crippen LogP contribution in [0.3, 0.4) is 0 Å². The van der Waals surface area contributed by atoms with Gasteiger partial charge in [-0.25, -0.2) is 4.99 Å². The molecular weight excluding hydrogens is 302 g/mol. The summed E-state index contributed by atoms with van der Waals surface area (Å²) in [5.74, 6) is 1.20. The van der Waals surface area contributed by atoms with Gasteiger partial charge in [0.2, 0.25) is 0 Å². The lowest BCUT2D eigenvalue weighted by Gasteiger charge is -2.26. The van der Waals surface area contributed by atoms with Crippen molar-refractivity contribution in [3.63, 3.8) is 0 Å². The third-order valence-electron chi connectivity index (χ3n) is 3.53. The molecule has 0 aliphatic carbocycles. The first kappa shape index (κ1) is 16.3. The summed E-state index contributed by atoms with van der Waals surface area (Å²) < 4.78 is 0. The molecule has 1 unspecified atom stereocenters. The van der Waals surface area contributed by atoms with Gasteiger partial charge < -0.3 is 0 Å². The van der Waals surface area contributed by atoms with Crippen LogP contribution in [0.2, 0.25) is 0 Å². The predicted octanol–water partition coefficient (Wildman–Crippen LogP) is 6.77. The van der Waals surface area contributed by atoms with Crippen molar-refractivity contribution in [2.75, 3.05) is 5.75 Å². The average molecular weight is 328 g/mol. The zero-order valence-electron chi connectivity index (χ0n) is 12.3. The molecule has 1 aromatic rings. The Labute approximate surface area is 133 Å². The third kappa shape index (κ3) is 4.47. The van der Waals surface area contributed by atoms with E-state index in [0.29, 0.717) is 0 Å². The summed E-state index contributed by atoms with van der Waals surface area (Å²) in [6, 6.07) is 8.42. The molecule has 20 heavy (non-hydrogen) atoms. The Morgan fingerprint density at radius 3 is 2.55 bits per heavy atom. The second kappa shape index (κ2) is 8.40. The largest absolute Gasteiger partial charge is 0.248 e. The molecule has 112 valence electrons. The smallest absolute Gasteiger partial charge is 0.0775 e. The van der Waals surface area contributed by atoms with Gasteiger partial charge in [0.15, 0.2) is 0 Å². The molecule has 1 atom stereocenters. The molecule has 0 N–H and O–H groups in total. The summed E-state index contributed by atoms with van der Waals surface area (Å²) in [5, 5.41) is 0. The lowest BCUT2D eigenvalue weighted by Crippen LogP contribution is -1.88. The average Bonchev–Trinajstić information content (AvgIpc) is 2.80. The van der Waals surface area contributed by atoms with Gasteiger partial charge in [-0.2, -0.15) is 0 Å². The van der Waals surface area contributed by atoms with Gasteiger partial charge in [-0.15, -0.1) is 11.7 Å². The Bertz CT molecular complexity index is 447. The Morgan fingerprint density at radius 1 is 1.05 bits per heavy atom. The van der Waals surface area contributed by atoms with Gasteiger partial charge in [0.05, 0.1) is 11.2 Å². The van der Waals surface area contributed by atoms with E-state index in [4.69, 9.17) is 11.7 Å². The number of thiol groups is 1. The molecule has 0 bridgehead atoms. The van der Waals surface area contributed by atoms with E-state index < -0.39 is 8.09 Å². The molecule has 4 heteroatoms. The molecule has 0 saturated carbocycles. The van der Waals surface area contributed by atoms with Crippen molar-refractivity contribution in [2.24, 2.45) is 4.99 Å². The Balaban J connectivity index is 1.66. The molecule has 0 fully saturated rings. The van der Waals surface area contributed by atoms with Crippen LogP contribution < -0.4 is 0 Å². The fraction of sp³-hybridized carbons (Fsp3) is 0.562. The number of hydrogen-bond donors (Lipinski definition) is 1. The Kier molecular flexibility index (Phi) is 6.85. The number of para-hydroxylation sites is 1. The highest BCUT2D eigenvalue weighted by atomic mass is 33.5. The first-order chi connectivity index (χ1) is 9.76. The normalized spacial score (nSPS) is 23.5. The maximum Gasteiger partial charge on any atom is 0.0775 e. The maximum absolute atomic E-state index is 4.93. The van der Waals surface area contributed by atoms with Crippen molar-refractivity contribution in [3.05, 3.63) is 24.3 Å². The molecular formula is C16H25NS3. The molecule has 1 nitrogen and oxygen atoms in total. The summed E-state index contributed by atoms with van der Waals surface area (Å²) in [6.45, 7) is 2.27. The van der Waals surface area contributed by atoms with Crippen molar-refractivity contribution < 1.29 is 0 Å². The molecule has 0 radical (unpaired) electrons. The van der Waals surface area contributed by atoms with Gasteiger partial charge in [0.1, 0.15) is 0 Å². The zero-order chi connectivity index (χ0) is 14.3. The zero-order valence-corrected chi connectivity index (χ0v) is 14.8. The first-order valence-electron chi connectivity index (χ1n) is 7.59. The molecule has 1 aliphatic heterocycles. The van der Waals surface area contributed by atoms with Gasteiger partial charge in [-0.1, -0.05) is 76.5 Å². The number of fused-ring (bicyclic) bond motifs is 1. The highest BCUT2D eigenvalue weighted by Crippen LogP contribution is 2.72. The van der Waals surface area contributed by atoms with Crippen LogP contribution in [0.4, 0.5) is 5.69 Å². The number of benzene rings is 1. The number of hydrogen-bond acceptors (Lipinski definition) is 3. The van der Waals surface area contributed by atoms with Crippen LogP contribution in [0.25, 0.3) is 0 Å². The highest BCUT2D eigenvalue weighted by Gasteiger charge is 2.27. The van der Waals surface area contributed by atoms with E-state index in [1.807, 2.05) is 10.8 Å². The van der Waals surface area contributed by atoms with Crippen LogP contribution in [-0.2, 0) is 0 Å². The second-order valence-electron chi connectivity index (χ2n) is 5.21. The number of rotatable bonds is 9. The topological polar surface area (TPSA) is 12.4 Å². The lowest BCUT2D eigenvalue weighted by molar-refractivity contribution is 0.604. The van der Waals surface area contributed by atoms with Crippen molar-refractivity contribution in [3.8, 4) is 0 Å². The van der Waals surface area contributed by atoms with Gasteiger partial charge in [-0.05, 0) is 18.6 Å². The minimum Gasteiger partial charge on any atom is -0.248 e. The Morgan fingerprint density at radius 2 is 1.75 bits per heavy atom. The van der Waals surface area contributed by atoms with Gasteiger partial charge in [0, 0.05) is 10.6 Å². The quantitative estimate of drug-likeness (QED) is 0.300. The van der Waals surface area contributed by atoms with Gasteiger partial charge in [0.25, 0.3) is 0 Å². The lowest BCUT2D eigenvalue weighted by atomic mass is 10.1. The fourth-order valence-corrected chi connectivity index (χ4v) is 7.67. The summed E-state index contributed by atoms with van der Waals surface area (Å²) >= 11 is 4.93. The molecule has 0 amide bonds. The van der Waals surface area contributed by atoms with Crippen LogP contribution in [0.15, 0.2) is 34.2 Å². The van der Waals surface area contributed by atoms with Crippen LogP contribution in [0, 0.1) is 0 Å². The van der Waals surface area contributed by atoms with E-state index in [0.717, 1.165) is 5.69 Å². The van der Waals surface area contributed by atoms with Crippen LogP contribution in [0.1, 0.15) is 51.9 Å². The Hall–Kier alpha value is -0.0600. The van der Waals surface area contributed by atoms with Crippen LogP contribution in [-0.4, -0.2) is 11.3 Å². The molecule has 0 spiro atoms. The molecule has 0 saturated heterocycles. The number of unbranched alkanes of at least 4 members (excludes halogenated alkanes) is 6. The first-order valence-corrected chi connectivity index (χ1v) is 11.8. The minimum absolute atomic E-state index is 1.12. The van der Waals surface area contributed by atoms with E-state index in [1.165, 1.54) is 55.6 Å². The van der Waals surface area contributed by atoms with E-state index in [1.54, 1.807) is 0 Å². The molecule has 1 aromatic carbocycles. The molecule has 1 aliphatic rings. The van der Waals surface area contributed by atoms with E-state index in [9.17, 15) is 0 Å². The van der Waals surface area contributed by atoms with Crippen molar-refractivity contribution in [2.45, 2.75) is 56.8 Å². The monoisotopic (exact) mass is 327 g/mol. The van der Waals surface area contributed by atoms with Gasteiger partial charge in [-0.3, -0.25) is 0 Å². The summed E-state index contributed by atoms with van der Waals surface area (Å²) in [4.78, 5) is 5.85. The van der Waals surface area contributed by atoms with E-state index >= 15 is 0 Å². The number of aliphatic imine (C=N–C) groups is 1. The van der Waals surface area contributed by atoms with Crippen molar-refractivity contribution >= 4 is 41.8 Å². The fourth-order valence-electron chi connectivity index (χ4n) is 2.34. The summed E-state index contributed by atoms with van der Waals surface area (Å²) in [7, 11) is 0.851. The predicted molar refractivity (Wildman–Crippen MR) is 99.9 cm³/mol. The highest BCUT2D eigenvalue weighted by molar-refractivity contribution is 9.26. The van der Waals surface area contributed by atoms with E-state index in [-0.39, 0.29) is 0 Å². The SMILES string of the molecule is CCCCCCCCCSS1(S)C=Nc2ccccc21. The maximum atomic E-state index is 4.93. The standard InChI is InChI=1S/C16H25NS3/c1-2-3-4-5-6-7-10-13-19-20(18)14-17-15-11-8-9-12-16(15)20/h8-9,11-12,14,18H,2-7,10,13H2,1H3. The van der Waals surface area contributed by atoms with E-state index in [2.05, 4.69) is 41.7 Å². The summed E-state index contributed by atoms with van der Waals surface area (Å²) in [6.07, 6.45) is 9.60. The molecule has 1 heterocycles. The minimum atomic E-state index is -1.14. The second-order valence-corrected chi connectivity index (χ2v) is 12.4. The molecule has 2 rings (SSSR count). The van der Waals surface area contributed by atoms with Gasteiger partial charge >= 0.3 is 0 Å². The third-order valence-corrected chi connectivity index (χ3v) is 9.90. The van der Waals surface area contributed by atoms with Crippen molar-refractivity contribution in [1.29, 1.82) is 0 Å². The van der Waals surface area contributed by atoms with Crippen molar-refractivity contribution in [1.82, 2.24) is 0 Å². The van der Waals surface area contributed by atoms with Crippen LogP contribution >= 0.6 is 30.5 Å². The number of nitrogens with zero attached hydrogens (tertiary/aromatic N) is 1. The summed E-state index contributed by atoms with van der Waals surface area (Å²) in [5.41, 5.74) is 3.19. The van der Waals surface area contributed by atoms with Crippen LogP contribution in [0.5, 0.6) is 0 Å². The molecule has 0 aromatic heterocycles.